The number of rotatable bonds is 10. The van der Waals surface area contributed by atoms with E-state index in [-0.39, 0.29) is 55.1 Å². The second kappa shape index (κ2) is 16.4. The maximum atomic E-state index is 13.6. The highest BCUT2D eigenvalue weighted by molar-refractivity contribution is 5.97. The smallest absolute Gasteiger partial charge is 0.320 e. The summed E-state index contributed by atoms with van der Waals surface area (Å²) in [5.74, 6) is -0.494. The van der Waals surface area contributed by atoms with E-state index in [2.05, 4.69) is 0 Å². The highest BCUT2D eigenvalue weighted by Gasteiger charge is 2.52. The van der Waals surface area contributed by atoms with E-state index in [1.165, 1.54) is 0 Å². The van der Waals surface area contributed by atoms with Crippen molar-refractivity contribution in [3.63, 3.8) is 0 Å². The summed E-state index contributed by atoms with van der Waals surface area (Å²) < 4.78 is 34.8. The molecule has 3 fully saturated rings. The first-order chi connectivity index (χ1) is 18.4. The van der Waals surface area contributed by atoms with Crippen LogP contribution in [0, 0.1) is 10.8 Å². The summed E-state index contributed by atoms with van der Waals surface area (Å²) in [6.45, 7) is 10.2. The van der Waals surface area contributed by atoms with Crippen molar-refractivity contribution in [2.75, 3.05) is 13.2 Å². The van der Waals surface area contributed by atoms with Crippen molar-refractivity contribution < 1.29 is 42.8 Å². The fraction of sp³-hybridized carbons (Fsp3) is 0.735. The Balaban J connectivity index is 0.00000441. The van der Waals surface area contributed by atoms with Gasteiger partial charge >= 0.3 is 17.9 Å². The van der Waals surface area contributed by atoms with Crippen LogP contribution in [0.4, 0.5) is 0 Å². The fourth-order valence-corrected chi connectivity index (χ4v) is 5.37. The van der Waals surface area contributed by atoms with Crippen molar-refractivity contribution in [3.8, 4) is 11.5 Å². The van der Waals surface area contributed by atoms with Crippen molar-refractivity contribution in [1.82, 2.24) is 0 Å². The molecule has 4 rings (SSSR count). The van der Waals surface area contributed by atoms with Gasteiger partial charge in [0.1, 0.15) is 17.1 Å². The van der Waals surface area contributed by atoms with Crippen LogP contribution in [0.2, 0.25) is 0 Å². The number of carbonyl (C=O) groups excluding carboxylic acids is 3. The molecule has 0 amide bonds. The third kappa shape index (κ3) is 9.93. The lowest BCUT2D eigenvalue weighted by Gasteiger charge is -2.36. The molecule has 4 unspecified atom stereocenters. The summed E-state index contributed by atoms with van der Waals surface area (Å²) >= 11 is 0. The van der Waals surface area contributed by atoms with Crippen LogP contribution >= 0.6 is 0 Å². The highest BCUT2D eigenvalue weighted by atomic mass is 16.7. The third-order valence-corrected chi connectivity index (χ3v) is 8.02. The molecule has 248 valence electrons. The normalized spacial score (nSPS) is 24.9. The van der Waals surface area contributed by atoms with E-state index < -0.39 is 34.3 Å². The number of cyclic esters (lactones) is 2. The van der Waals surface area contributed by atoms with Crippen molar-refractivity contribution in [1.29, 1.82) is 0 Å². The molecule has 0 radical (unpaired) electrons. The number of benzene rings is 1. The molecule has 3 aliphatic heterocycles. The van der Waals surface area contributed by atoms with Gasteiger partial charge in [0, 0.05) is 24.5 Å². The van der Waals surface area contributed by atoms with E-state index in [4.69, 9.17) is 28.4 Å². The van der Waals surface area contributed by atoms with Gasteiger partial charge in [0.05, 0.1) is 30.5 Å². The second-order valence-electron chi connectivity index (χ2n) is 12.0. The lowest BCUT2D eigenvalue weighted by Crippen LogP contribution is -2.40. The summed E-state index contributed by atoms with van der Waals surface area (Å²) in [7, 11) is 0. The summed E-state index contributed by atoms with van der Waals surface area (Å²) in [5, 5.41) is 0. The molecular weight excluding hydrogens is 552 g/mol. The lowest BCUT2D eigenvalue weighted by atomic mass is 9.70. The fourth-order valence-electron chi connectivity index (χ4n) is 5.37. The van der Waals surface area contributed by atoms with Gasteiger partial charge in [-0.05, 0) is 78.4 Å². The quantitative estimate of drug-likeness (QED) is 0.192. The average Bonchev–Trinajstić information content (AvgIpc) is 3.14. The number of hydrogen-bond donors (Lipinski definition) is 0. The van der Waals surface area contributed by atoms with E-state index in [0.717, 1.165) is 38.5 Å². The summed E-state index contributed by atoms with van der Waals surface area (Å²) in [6.07, 6.45) is 5.49. The molecule has 9 heteroatoms. The molecular formula is C34H58O9. The minimum Gasteiger partial charge on any atom is -0.465 e. The summed E-state index contributed by atoms with van der Waals surface area (Å²) in [4.78, 5) is 37.8. The van der Waals surface area contributed by atoms with E-state index in [9.17, 15) is 14.4 Å². The standard InChI is InChI=1S/C30H42O9.4CH4/c1-6-29(4,19-30(5)18-23(31)38-26(30)32)27(33)39-28(2,3)20-15-21(36-24-11-7-9-13-34-24)17-22(16-20)37-25-12-8-10-14-35-25;;;;/h15-17,24-25H,6-14,18-19H2,1-5H3;4*1H4. The molecule has 9 nitrogen and oxygen atoms in total. The Hall–Kier alpha value is -2.65. The first kappa shape index (κ1) is 40.4. The Labute approximate surface area is 260 Å². The Kier molecular flexibility index (Phi) is 15.4. The van der Waals surface area contributed by atoms with Gasteiger partial charge in [-0.1, -0.05) is 36.6 Å². The van der Waals surface area contributed by atoms with Crippen LogP contribution in [0.3, 0.4) is 0 Å². The second-order valence-corrected chi connectivity index (χ2v) is 12.0. The molecule has 1 aromatic carbocycles. The molecule has 0 bridgehead atoms. The van der Waals surface area contributed by atoms with Crippen LogP contribution in [0.1, 0.15) is 128 Å². The molecule has 1 aromatic rings. The van der Waals surface area contributed by atoms with Crippen LogP contribution in [-0.2, 0) is 38.9 Å². The van der Waals surface area contributed by atoms with Crippen LogP contribution in [0.25, 0.3) is 0 Å². The Morgan fingerprint density at radius 2 is 1.40 bits per heavy atom. The van der Waals surface area contributed by atoms with Crippen LogP contribution < -0.4 is 9.47 Å². The Morgan fingerprint density at radius 3 is 1.79 bits per heavy atom. The third-order valence-electron chi connectivity index (χ3n) is 8.02. The van der Waals surface area contributed by atoms with Gasteiger partial charge in [-0.3, -0.25) is 14.4 Å². The zero-order chi connectivity index (χ0) is 28.3. The minimum atomic E-state index is -1.07. The minimum absolute atomic E-state index is 0. The topological polar surface area (TPSA) is 107 Å². The van der Waals surface area contributed by atoms with Crippen molar-refractivity contribution in [2.45, 2.75) is 140 Å². The summed E-state index contributed by atoms with van der Waals surface area (Å²) in [6, 6.07) is 5.51. The molecule has 3 heterocycles. The van der Waals surface area contributed by atoms with Gasteiger partial charge < -0.3 is 28.4 Å². The van der Waals surface area contributed by atoms with E-state index >= 15 is 0 Å². The van der Waals surface area contributed by atoms with Gasteiger partial charge in [0.25, 0.3) is 0 Å². The van der Waals surface area contributed by atoms with Gasteiger partial charge in [-0.15, -0.1) is 0 Å². The molecule has 0 aliphatic carbocycles. The predicted octanol–water partition coefficient (Wildman–Crippen LogP) is 8.11. The number of esters is 3. The van der Waals surface area contributed by atoms with Crippen molar-refractivity contribution in [2.24, 2.45) is 10.8 Å². The number of ether oxygens (including phenoxy) is 6. The largest absolute Gasteiger partial charge is 0.465 e. The monoisotopic (exact) mass is 610 g/mol. The van der Waals surface area contributed by atoms with Gasteiger partial charge in [-0.2, -0.15) is 0 Å². The van der Waals surface area contributed by atoms with Gasteiger partial charge in [0.15, 0.2) is 12.6 Å². The van der Waals surface area contributed by atoms with Crippen LogP contribution in [0.5, 0.6) is 11.5 Å². The molecule has 0 N–H and O–H groups in total. The maximum Gasteiger partial charge on any atom is 0.320 e. The lowest BCUT2D eigenvalue weighted by molar-refractivity contribution is -0.172. The average molecular weight is 611 g/mol. The summed E-state index contributed by atoms with van der Waals surface area (Å²) in [5.41, 5.74) is -2.44. The number of hydrogen-bond acceptors (Lipinski definition) is 9. The molecule has 4 atom stereocenters. The van der Waals surface area contributed by atoms with E-state index in [1.807, 2.05) is 39.0 Å². The van der Waals surface area contributed by atoms with Crippen LogP contribution in [-0.4, -0.2) is 43.7 Å². The zero-order valence-corrected chi connectivity index (χ0v) is 23.8. The molecule has 3 saturated heterocycles. The van der Waals surface area contributed by atoms with E-state index in [0.29, 0.717) is 36.7 Å². The Bertz CT molecular complexity index is 1020. The van der Waals surface area contributed by atoms with Crippen LogP contribution in [0.15, 0.2) is 18.2 Å². The predicted molar refractivity (Wildman–Crippen MR) is 168 cm³/mol. The molecule has 0 saturated carbocycles. The molecule has 0 aromatic heterocycles. The van der Waals surface area contributed by atoms with Crippen molar-refractivity contribution >= 4 is 17.9 Å². The zero-order valence-electron chi connectivity index (χ0n) is 23.8. The van der Waals surface area contributed by atoms with Gasteiger partial charge in [-0.25, -0.2) is 0 Å². The first-order valence-corrected chi connectivity index (χ1v) is 14.1. The number of carbonyl (C=O) groups is 3. The Morgan fingerprint density at radius 1 is 0.884 bits per heavy atom. The van der Waals surface area contributed by atoms with E-state index in [1.54, 1.807) is 13.8 Å². The van der Waals surface area contributed by atoms with Crippen molar-refractivity contribution in [3.05, 3.63) is 23.8 Å². The SMILES string of the molecule is C.C.C.C.CCC(C)(CC1(C)CC(=O)OC1=O)C(=O)OC(C)(C)c1cc(OC2CCCCO2)cc(OC2CCCCO2)c1. The maximum absolute atomic E-state index is 13.6. The first-order valence-electron chi connectivity index (χ1n) is 14.1. The molecule has 0 spiro atoms. The molecule has 3 aliphatic rings. The highest BCUT2D eigenvalue weighted by Crippen LogP contribution is 2.45. The molecule has 43 heavy (non-hydrogen) atoms. The van der Waals surface area contributed by atoms with Gasteiger partial charge in [0.2, 0.25) is 0 Å².